The molecule has 0 bridgehead atoms. The number of nitrogens with one attached hydrogen (secondary N) is 2. The monoisotopic (exact) mass is 500 g/mol. The van der Waals surface area contributed by atoms with Crippen LogP contribution in [0.3, 0.4) is 0 Å². The Morgan fingerprint density at radius 3 is 2.86 bits per heavy atom. The van der Waals surface area contributed by atoms with Crippen molar-refractivity contribution in [3.8, 4) is 0 Å². The molecule has 6 rings (SSSR count). The minimum atomic E-state index is -0.742. The van der Waals surface area contributed by atoms with E-state index in [1.807, 2.05) is 37.3 Å². The smallest absolute Gasteiger partial charge is 0.328 e. The first-order valence-electron chi connectivity index (χ1n) is 12.5. The number of benzene rings is 2. The second-order valence-electron chi connectivity index (χ2n) is 9.40. The maximum absolute atomic E-state index is 13.7. The number of urea groups is 1. The lowest BCUT2D eigenvalue weighted by atomic mass is 10.0. The van der Waals surface area contributed by atoms with Crippen molar-refractivity contribution in [3.63, 3.8) is 0 Å². The van der Waals surface area contributed by atoms with Crippen molar-refractivity contribution in [2.75, 3.05) is 44.3 Å². The van der Waals surface area contributed by atoms with Gasteiger partial charge in [-0.1, -0.05) is 11.6 Å². The molecule has 2 aromatic heterocycles. The third kappa shape index (κ3) is 4.49. The summed E-state index contributed by atoms with van der Waals surface area (Å²) in [4.78, 5) is 43.1. The first-order chi connectivity index (χ1) is 18.1. The van der Waals surface area contributed by atoms with Gasteiger partial charge in [-0.2, -0.15) is 0 Å². The highest BCUT2D eigenvalue weighted by atomic mass is 16.5. The summed E-state index contributed by atoms with van der Waals surface area (Å²) in [5.41, 5.74) is 3.83. The lowest BCUT2D eigenvalue weighted by Gasteiger charge is -2.26. The number of H-pyrrole nitrogens is 1. The Kier molecular flexibility index (Phi) is 6.19. The van der Waals surface area contributed by atoms with Crippen LogP contribution in [0.1, 0.15) is 23.6 Å². The van der Waals surface area contributed by atoms with Crippen molar-refractivity contribution in [1.82, 2.24) is 20.2 Å². The standard InChI is InChI=1S/C27H28N6O4/c1-17-3-6-23-19(13-17)25(34)20(15-37-23)24-26(28-7-2-8-32-9-11-36-12-10-32)31-27(35)33(24)18-4-5-21-22(14-18)30-16-29-21/h3-6,13-16,24H,2,7-12H2,1H3,(H,29,30)(H,28,31,35). The molecule has 2 aliphatic rings. The topological polar surface area (TPSA) is 116 Å². The average molecular weight is 501 g/mol. The number of ether oxygens (including phenoxy) is 1. The summed E-state index contributed by atoms with van der Waals surface area (Å²) in [6.07, 6.45) is 3.89. The van der Waals surface area contributed by atoms with Gasteiger partial charge in [-0.05, 0) is 43.7 Å². The van der Waals surface area contributed by atoms with Gasteiger partial charge < -0.3 is 14.1 Å². The molecule has 1 unspecified atom stereocenters. The second kappa shape index (κ2) is 9.79. The molecule has 37 heavy (non-hydrogen) atoms. The number of aliphatic imine (C=N–C) groups is 1. The first kappa shape index (κ1) is 23.4. The molecule has 10 heteroatoms. The van der Waals surface area contributed by atoms with Crippen LogP contribution in [0.15, 0.2) is 63.2 Å². The van der Waals surface area contributed by atoms with Crippen molar-refractivity contribution in [2.24, 2.45) is 4.99 Å². The number of hydrogen-bond donors (Lipinski definition) is 2. The number of aromatic nitrogens is 2. The van der Waals surface area contributed by atoms with Gasteiger partial charge in [0.15, 0.2) is 5.43 Å². The quantitative estimate of drug-likeness (QED) is 0.392. The van der Waals surface area contributed by atoms with Crippen LogP contribution in [-0.2, 0) is 4.74 Å². The maximum atomic E-state index is 13.7. The molecule has 2 aliphatic heterocycles. The highest BCUT2D eigenvalue weighted by Gasteiger charge is 2.41. The zero-order valence-electron chi connectivity index (χ0n) is 20.6. The number of fused-ring (bicyclic) bond motifs is 2. The van der Waals surface area contributed by atoms with Gasteiger partial charge in [-0.15, -0.1) is 0 Å². The van der Waals surface area contributed by atoms with E-state index >= 15 is 0 Å². The van der Waals surface area contributed by atoms with Crippen molar-refractivity contribution >= 4 is 39.6 Å². The van der Waals surface area contributed by atoms with E-state index < -0.39 is 6.04 Å². The molecule has 4 aromatic rings. The Balaban J connectivity index is 1.38. The minimum Gasteiger partial charge on any atom is -0.464 e. The minimum absolute atomic E-state index is 0.182. The molecule has 4 heterocycles. The number of carbonyl (C=O) groups excluding carboxylic acids is 1. The summed E-state index contributed by atoms with van der Waals surface area (Å²) in [5.74, 6) is 0.438. The van der Waals surface area contributed by atoms with Crippen LogP contribution in [-0.4, -0.2) is 66.1 Å². The summed E-state index contributed by atoms with van der Waals surface area (Å²) in [7, 11) is 0. The van der Waals surface area contributed by atoms with E-state index in [1.54, 1.807) is 17.3 Å². The molecule has 2 saturated heterocycles. The van der Waals surface area contributed by atoms with E-state index in [2.05, 4.69) is 20.2 Å². The predicted molar refractivity (Wildman–Crippen MR) is 141 cm³/mol. The molecule has 2 aromatic carbocycles. The SMILES string of the molecule is Cc1ccc2occ(C3/C(=N/CCCN4CCOCC4)NC(=O)N3c3ccc4[nH]cnc4c3)c(=O)c2c1. The van der Waals surface area contributed by atoms with Crippen molar-refractivity contribution in [2.45, 2.75) is 19.4 Å². The number of amides is 2. The predicted octanol–water partition coefficient (Wildman–Crippen LogP) is 3.37. The van der Waals surface area contributed by atoms with Crippen LogP contribution >= 0.6 is 0 Å². The van der Waals surface area contributed by atoms with Gasteiger partial charge in [0, 0.05) is 31.9 Å². The highest BCUT2D eigenvalue weighted by Crippen LogP contribution is 2.33. The fraction of sp³-hybridized carbons (Fsp3) is 0.333. The third-order valence-electron chi connectivity index (χ3n) is 6.92. The van der Waals surface area contributed by atoms with E-state index in [0.717, 1.165) is 55.9 Å². The van der Waals surface area contributed by atoms with Gasteiger partial charge in [0.2, 0.25) is 0 Å². The van der Waals surface area contributed by atoms with Gasteiger partial charge in [-0.3, -0.25) is 24.9 Å². The van der Waals surface area contributed by atoms with E-state index in [4.69, 9.17) is 14.1 Å². The number of imidazole rings is 1. The van der Waals surface area contributed by atoms with E-state index in [9.17, 15) is 9.59 Å². The molecule has 2 fully saturated rings. The lowest BCUT2D eigenvalue weighted by Crippen LogP contribution is -2.37. The number of nitrogens with zero attached hydrogens (tertiary/aromatic N) is 4. The largest absolute Gasteiger partial charge is 0.464 e. The summed E-state index contributed by atoms with van der Waals surface area (Å²) in [5, 5.41) is 3.39. The maximum Gasteiger partial charge on any atom is 0.328 e. The van der Waals surface area contributed by atoms with Crippen LogP contribution in [0.25, 0.3) is 22.0 Å². The summed E-state index contributed by atoms with van der Waals surface area (Å²) >= 11 is 0. The third-order valence-corrected chi connectivity index (χ3v) is 6.92. The summed E-state index contributed by atoms with van der Waals surface area (Å²) in [6.45, 7) is 6.68. The normalized spacial score (nSPS) is 19.8. The number of aryl methyl sites for hydroxylation is 1. The van der Waals surface area contributed by atoms with Gasteiger partial charge in [0.25, 0.3) is 0 Å². The van der Waals surface area contributed by atoms with Crippen LogP contribution in [0.2, 0.25) is 0 Å². The van der Waals surface area contributed by atoms with Gasteiger partial charge >= 0.3 is 6.03 Å². The van der Waals surface area contributed by atoms with Crippen LogP contribution in [0.4, 0.5) is 10.5 Å². The summed E-state index contributed by atoms with van der Waals surface area (Å²) in [6, 6.07) is 9.94. The molecular weight excluding hydrogens is 472 g/mol. The Labute approximate surface area is 212 Å². The fourth-order valence-electron chi connectivity index (χ4n) is 4.99. The molecule has 0 aliphatic carbocycles. The van der Waals surface area contributed by atoms with Gasteiger partial charge in [-0.25, -0.2) is 9.78 Å². The van der Waals surface area contributed by atoms with Crippen molar-refractivity contribution < 1.29 is 13.9 Å². The molecule has 0 radical (unpaired) electrons. The zero-order valence-corrected chi connectivity index (χ0v) is 20.6. The van der Waals surface area contributed by atoms with Crippen LogP contribution in [0, 0.1) is 6.92 Å². The number of carbonyl (C=O) groups is 1. The number of amidine groups is 1. The fourth-order valence-corrected chi connectivity index (χ4v) is 4.99. The number of anilines is 1. The first-order valence-corrected chi connectivity index (χ1v) is 12.5. The second-order valence-corrected chi connectivity index (χ2v) is 9.40. The number of hydrogen-bond acceptors (Lipinski definition) is 7. The molecule has 0 saturated carbocycles. The van der Waals surface area contributed by atoms with E-state index in [0.29, 0.717) is 34.6 Å². The Hall–Kier alpha value is -4.02. The van der Waals surface area contributed by atoms with E-state index in [1.165, 1.54) is 6.26 Å². The number of morpholine rings is 1. The zero-order chi connectivity index (χ0) is 25.4. The number of aromatic amines is 1. The molecule has 2 N–H and O–H groups in total. The van der Waals surface area contributed by atoms with Gasteiger partial charge in [0.1, 0.15) is 23.7 Å². The Morgan fingerprint density at radius 1 is 1.14 bits per heavy atom. The molecule has 10 nitrogen and oxygen atoms in total. The molecular formula is C27H28N6O4. The molecule has 0 spiro atoms. The van der Waals surface area contributed by atoms with Crippen molar-refractivity contribution in [1.29, 1.82) is 0 Å². The highest BCUT2D eigenvalue weighted by molar-refractivity contribution is 6.17. The lowest BCUT2D eigenvalue weighted by molar-refractivity contribution is 0.0377. The van der Waals surface area contributed by atoms with Crippen LogP contribution in [0.5, 0.6) is 0 Å². The Bertz CT molecular complexity index is 1550. The average Bonchev–Trinajstić information content (AvgIpc) is 3.51. The number of rotatable bonds is 6. The van der Waals surface area contributed by atoms with Gasteiger partial charge in [0.05, 0.1) is 41.5 Å². The van der Waals surface area contributed by atoms with Crippen LogP contribution < -0.4 is 15.6 Å². The molecule has 1 atom stereocenters. The molecule has 190 valence electrons. The summed E-state index contributed by atoms with van der Waals surface area (Å²) < 4.78 is 11.3. The molecule has 2 amide bonds. The Morgan fingerprint density at radius 2 is 2.00 bits per heavy atom. The van der Waals surface area contributed by atoms with Crippen molar-refractivity contribution in [3.05, 3.63) is 70.3 Å². The van der Waals surface area contributed by atoms with E-state index in [-0.39, 0.29) is 11.5 Å².